The molecule has 0 aromatic carbocycles. The summed E-state index contributed by atoms with van der Waals surface area (Å²) in [6.45, 7) is 0. The molecule has 0 aliphatic heterocycles. The van der Waals surface area contributed by atoms with Crippen molar-refractivity contribution in [3.63, 3.8) is 0 Å². The van der Waals surface area contributed by atoms with Crippen molar-refractivity contribution in [1.29, 1.82) is 0 Å². The number of halogens is 1. The number of nitrogens with zero attached hydrogens (tertiary/aromatic N) is 1. The molecule has 0 aliphatic carbocycles. The molecule has 0 spiro atoms. The van der Waals surface area contributed by atoms with Crippen molar-refractivity contribution in [2.24, 2.45) is 0 Å². The van der Waals surface area contributed by atoms with Crippen LogP contribution >= 0.6 is 11.6 Å². The number of carbonyl (C=O) groups is 2. The normalized spacial score (nSPS) is 13.7. The lowest BCUT2D eigenvalue weighted by molar-refractivity contribution is -0.141. The first-order chi connectivity index (χ1) is 8.86. The molecular weight excluding hydrogens is 278 g/mol. The second-order valence-corrected chi connectivity index (χ2v) is 4.06. The molecule has 1 aromatic rings. The van der Waals surface area contributed by atoms with E-state index in [1.807, 2.05) is 0 Å². The summed E-state index contributed by atoms with van der Waals surface area (Å²) in [5.74, 6) is -1.97. The Labute approximate surface area is 113 Å². The number of aromatic nitrogens is 1. The molecule has 0 radical (unpaired) electrons. The van der Waals surface area contributed by atoms with Gasteiger partial charge >= 0.3 is 11.9 Å². The number of pyridine rings is 1. The van der Waals surface area contributed by atoms with E-state index in [-0.39, 0.29) is 16.3 Å². The lowest BCUT2D eigenvalue weighted by Crippen LogP contribution is -2.22. The summed E-state index contributed by atoms with van der Waals surface area (Å²) >= 11 is 5.74. The fourth-order valence-electron chi connectivity index (χ4n) is 1.40. The van der Waals surface area contributed by atoms with E-state index in [2.05, 4.69) is 9.72 Å². The lowest BCUT2D eigenvalue weighted by atomic mass is 10.0. The highest BCUT2D eigenvalue weighted by atomic mass is 35.5. The van der Waals surface area contributed by atoms with Crippen molar-refractivity contribution in [2.45, 2.75) is 18.6 Å². The third kappa shape index (κ3) is 3.88. The third-order valence-electron chi connectivity index (χ3n) is 2.35. The first kappa shape index (κ1) is 15.4. The SMILES string of the molecule is COC(=O)c1cnc(Cl)c(C(O)C(O)CC(=O)O)c1. The summed E-state index contributed by atoms with van der Waals surface area (Å²) in [5, 5.41) is 27.7. The van der Waals surface area contributed by atoms with E-state index in [9.17, 15) is 19.8 Å². The van der Waals surface area contributed by atoms with Gasteiger partial charge in [0.1, 0.15) is 11.3 Å². The monoisotopic (exact) mass is 289 g/mol. The highest BCUT2D eigenvalue weighted by molar-refractivity contribution is 6.30. The van der Waals surface area contributed by atoms with Crippen molar-refractivity contribution in [3.8, 4) is 0 Å². The molecule has 0 saturated heterocycles. The number of hydrogen-bond acceptors (Lipinski definition) is 6. The average Bonchev–Trinajstić information content (AvgIpc) is 2.36. The molecule has 19 heavy (non-hydrogen) atoms. The summed E-state index contributed by atoms with van der Waals surface area (Å²) < 4.78 is 4.48. The number of carboxylic acid groups (broad SMARTS) is 1. The van der Waals surface area contributed by atoms with E-state index >= 15 is 0 Å². The van der Waals surface area contributed by atoms with Crippen LogP contribution in [-0.2, 0) is 9.53 Å². The number of carboxylic acids is 1. The Morgan fingerprint density at radius 2 is 2.11 bits per heavy atom. The second kappa shape index (κ2) is 6.46. The van der Waals surface area contributed by atoms with Gasteiger partial charge in [-0.1, -0.05) is 11.6 Å². The largest absolute Gasteiger partial charge is 0.481 e. The van der Waals surface area contributed by atoms with Gasteiger partial charge in [0, 0.05) is 11.8 Å². The molecule has 0 aliphatic rings. The molecule has 104 valence electrons. The Hall–Kier alpha value is -1.70. The van der Waals surface area contributed by atoms with Crippen molar-refractivity contribution < 1.29 is 29.6 Å². The molecule has 0 bridgehead atoms. The van der Waals surface area contributed by atoms with Crippen LogP contribution in [0.4, 0.5) is 0 Å². The number of aliphatic carboxylic acids is 1. The van der Waals surface area contributed by atoms with E-state index in [1.54, 1.807) is 0 Å². The minimum Gasteiger partial charge on any atom is -0.481 e. The Bertz CT molecular complexity index is 492. The Balaban J connectivity index is 3.04. The third-order valence-corrected chi connectivity index (χ3v) is 2.67. The van der Waals surface area contributed by atoms with Gasteiger partial charge in [-0.05, 0) is 6.07 Å². The van der Waals surface area contributed by atoms with Crippen molar-refractivity contribution in [3.05, 3.63) is 28.5 Å². The molecule has 0 amide bonds. The summed E-state index contributed by atoms with van der Waals surface area (Å²) in [5.41, 5.74) is -0.0122. The molecule has 0 saturated carbocycles. The second-order valence-electron chi connectivity index (χ2n) is 3.71. The number of carbonyl (C=O) groups excluding carboxylic acids is 1. The van der Waals surface area contributed by atoms with Gasteiger partial charge in [-0.15, -0.1) is 0 Å². The summed E-state index contributed by atoms with van der Waals surface area (Å²) in [6.07, 6.45) is -2.65. The minimum absolute atomic E-state index is 0.0310. The summed E-state index contributed by atoms with van der Waals surface area (Å²) in [4.78, 5) is 25.4. The van der Waals surface area contributed by atoms with Crippen molar-refractivity contribution in [2.75, 3.05) is 7.11 Å². The van der Waals surface area contributed by atoms with Crippen LogP contribution in [0.1, 0.15) is 28.4 Å². The number of aliphatic hydroxyl groups excluding tert-OH is 2. The highest BCUT2D eigenvalue weighted by Gasteiger charge is 2.25. The van der Waals surface area contributed by atoms with Gasteiger partial charge in [-0.2, -0.15) is 0 Å². The van der Waals surface area contributed by atoms with Crippen LogP contribution in [-0.4, -0.2) is 45.5 Å². The predicted octanol–water partition coefficient (Wildman–Crippen LogP) is 0.391. The first-order valence-corrected chi connectivity index (χ1v) is 5.56. The van der Waals surface area contributed by atoms with Crippen molar-refractivity contribution >= 4 is 23.5 Å². The Kier molecular flexibility index (Phi) is 5.22. The van der Waals surface area contributed by atoms with Crippen LogP contribution in [0.3, 0.4) is 0 Å². The fourth-order valence-corrected chi connectivity index (χ4v) is 1.61. The number of ether oxygens (including phenoxy) is 1. The number of rotatable bonds is 5. The average molecular weight is 290 g/mol. The van der Waals surface area contributed by atoms with Gasteiger partial charge < -0.3 is 20.1 Å². The molecule has 1 aromatic heterocycles. The van der Waals surface area contributed by atoms with Gasteiger partial charge in [0.2, 0.25) is 0 Å². The van der Waals surface area contributed by atoms with Gasteiger partial charge in [0.25, 0.3) is 0 Å². The molecule has 0 fully saturated rings. The zero-order chi connectivity index (χ0) is 14.6. The molecule has 8 heteroatoms. The molecule has 2 unspecified atom stereocenters. The number of methoxy groups -OCH3 is 1. The lowest BCUT2D eigenvalue weighted by Gasteiger charge is -2.17. The smallest absolute Gasteiger partial charge is 0.339 e. The molecule has 3 N–H and O–H groups in total. The molecule has 7 nitrogen and oxygen atoms in total. The standard InChI is InChI=1S/C11H12ClNO6/c1-19-11(18)5-2-6(10(12)13-4-5)9(17)7(14)3-8(15)16/h2,4,7,9,14,17H,3H2,1H3,(H,15,16). The zero-order valence-electron chi connectivity index (χ0n) is 9.91. The van der Waals surface area contributed by atoms with Crippen LogP contribution in [0.15, 0.2) is 12.3 Å². The maximum atomic E-state index is 11.3. The highest BCUT2D eigenvalue weighted by Crippen LogP contribution is 2.26. The topological polar surface area (TPSA) is 117 Å². The van der Waals surface area contributed by atoms with Crippen LogP contribution in [0, 0.1) is 0 Å². The number of aliphatic hydroxyl groups is 2. The van der Waals surface area contributed by atoms with Gasteiger partial charge in [0.05, 0.1) is 25.2 Å². The Morgan fingerprint density at radius 1 is 1.47 bits per heavy atom. The van der Waals surface area contributed by atoms with Crippen LogP contribution in [0.2, 0.25) is 5.15 Å². The van der Waals surface area contributed by atoms with Crippen molar-refractivity contribution in [1.82, 2.24) is 4.98 Å². The minimum atomic E-state index is -1.57. The maximum Gasteiger partial charge on any atom is 0.339 e. The van der Waals surface area contributed by atoms with Crippen LogP contribution < -0.4 is 0 Å². The van der Waals surface area contributed by atoms with E-state index < -0.39 is 30.6 Å². The van der Waals surface area contributed by atoms with Crippen LogP contribution in [0.25, 0.3) is 0 Å². The summed E-state index contributed by atoms with van der Waals surface area (Å²) in [6, 6.07) is 1.19. The number of hydrogen-bond donors (Lipinski definition) is 3. The summed E-state index contributed by atoms with van der Waals surface area (Å²) in [7, 11) is 1.17. The molecule has 2 atom stereocenters. The Morgan fingerprint density at radius 3 is 2.63 bits per heavy atom. The van der Waals surface area contributed by atoms with E-state index in [4.69, 9.17) is 16.7 Å². The van der Waals surface area contributed by atoms with Gasteiger partial charge in [0.15, 0.2) is 0 Å². The van der Waals surface area contributed by atoms with E-state index in [0.29, 0.717) is 0 Å². The number of esters is 1. The first-order valence-electron chi connectivity index (χ1n) is 5.18. The van der Waals surface area contributed by atoms with Gasteiger partial charge in [-0.3, -0.25) is 4.79 Å². The molecule has 1 rings (SSSR count). The maximum absolute atomic E-state index is 11.3. The molecular formula is C11H12ClNO6. The van der Waals surface area contributed by atoms with E-state index in [0.717, 1.165) is 6.20 Å². The van der Waals surface area contributed by atoms with Crippen LogP contribution in [0.5, 0.6) is 0 Å². The zero-order valence-corrected chi connectivity index (χ0v) is 10.7. The fraction of sp³-hybridized carbons (Fsp3) is 0.364. The van der Waals surface area contributed by atoms with Gasteiger partial charge in [-0.25, -0.2) is 9.78 Å². The quantitative estimate of drug-likeness (QED) is 0.530. The predicted molar refractivity (Wildman–Crippen MR) is 63.8 cm³/mol. The molecule has 1 heterocycles. The van der Waals surface area contributed by atoms with E-state index in [1.165, 1.54) is 13.2 Å².